The molecule has 0 fully saturated rings. The molecule has 0 atom stereocenters. The van der Waals surface area contributed by atoms with Crippen LogP contribution in [-0.2, 0) is 11.2 Å². The first-order valence-corrected chi connectivity index (χ1v) is 6.22. The zero-order valence-electron chi connectivity index (χ0n) is 11.3. The second kappa shape index (κ2) is 6.06. The lowest BCUT2D eigenvalue weighted by molar-refractivity contribution is 0.0600. The Kier molecular flexibility index (Phi) is 4.20. The van der Waals surface area contributed by atoms with Crippen molar-refractivity contribution in [1.82, 2.24) is 0 Å². The second-order valence-electron chi connectivity index (χ2n) is 4.14. The molecule has 1 N–H and O–H groups in total. The number of methoxy groups -OCH3 is 1. The van der Waals surface area contributed by atoms with Crippen LogP contribution in [0.25, 0.3) is 0 Å². The van der Waals surface area contributed by atoms with E-state index in [1.165, 1.54) is 7.11 Å². The van der Waals surface area contributed by atoms with E-state index in [0.717, 1.165) is 12.2 Å². The summed E-state index contributed by atoms with van der Waals surface area (Å²) in [6.45, 7) is 1.95. The molecular formula is C15H15NO4. The lowest BCUT2D eigenvalue weighted by Gasteiger charge is -2.04. The van der Waals surface area contributed by atoms with E-state index in [1.807, 2.05) is 6.92 Å². The highest BCUT2D eigenvalue weighted by atomic mass is 16.5. The molecule has 5 heteroatoms. The third kappa shape index (κ3) is 3.06. The second-order valence-corrected chi connectivity index (χ2v) is 4.14. The maximum absolute atomic E-state index is 11.9. The summed E-state index contributed by atoms with van der Waals surface area (Å²) < 4.78 is 9.96. The monoisotopic (exact) mass is 273 g/mol. The lowest BCUT2D eigenvalue weighted by Crippen LogP contribution is -2.11. The summed E-state index contributed by atoms with van der Waals surface area (Å²) in [4.78, 5) is 23.2. The largest absolute Gasteiger partial charge is 0.465 e. The number of carbonyl (C=O) groups is 2. The Morgan fingerprint density at radius 3 is 2.40 bits per heavy atom. The minimum atomic E-state index is -0.415. The average molecular weight is 273 g/mol. The van der Waals surface area contributed by atoms with E-state index < -0.39 is 5.97 Å². The van der Waals surface area contributed by atoms with Gasteiger partial charge in [0.1, 0.15) is 5.76 Å². The number of hydrogen-bond donors (Lipinski definition) is 1. The molecule has 2 aromatic rings. The van der Waals surface area contributed by atoms with E-state index in [-0.39, 0.29) is 11.7 Å². The summed E-state index contributed by atoms with van der Waals surface area (Å²) >= 11 is 0. The van der Waals surface area contributed by atoms with E-state index in [2.05, 4.69) is 10.1 Å². The van der Waals surface area contributed by atoms with Gasteiger partial charge in [-0.25, -0.2) is 4.79 Å². The van der Waals surface area contributed by atoms with Crippen LogP contribution in [0.2, 0.25) is 0 Å². The number of amides is 1. The van der Waals surface area contributed by atoms with Crippen LogP contribution in [0.5, 0.6) is 0 Å². The van der Waals surface area contributed by atoms with Gasteiger partial charge in [0.05, 0.1) is 12.7 Å². The van der Waals surface area contributed by atoms with Crippen molar-refractivity contribution in [3.8, 4) is 0 Å². The molecule has 0 radical (unpaired) electrons. The molecule has 5 nitrogen and oxygen atoms in total. The molecule has 0 saturated heterocycles. The van der Waals surface area contributed by atoms with Gasteiger partial charge in [-0.1, -0.05) is 6.92 Å². The predicted molar refractivity (Wildman–Crippen MR) is 73.8 cm³/mol. The van der Waals surface area contributed by atoms with Crippen LogP contribution < -0.4 is 5.32 Å². The highest BCUT2D eigenvalue weighted by Gasteiger charge is 2.11. The number of rotatable bonds is 4. The molecular weight excluding hydrogens is 258 g/mol. The van der Waals surface area contributed by atoms with Crippen molar-refractivity contribution in [2.24, 2.45) is 0 Å². The van der Waals surface area contributed by atoms with Crippen LogP contribution in [0.3, 0.4) is 0 Å². The van der Waals surface area contributed by atoms with Gasteiger partial charge in [-0.2, -0.15) is 0 Å². The van der Waals surface area contributed by atoms with Crippen LogP contribution in [-0.4, -0.2) is 19.0 Å². The summed E-state index contributed by atoms with van der Waals surface area (Å²) in [7, 11) is 1.32. The Hall–Kier alpha value is -2.56. The molecule has 2 rings (SSSR count). The Bertz CT molecular complexity index is 613. The molecule has 104 valence electrons. The molecule has 0 saturated carbocycles. The van der Waals surface area contributed by atoms with Gasteiger partial charge in [-0.15, -0.1) is 0 Å². The van der Waals surface area contributed by atoms with E-state index >= 15 is 0 Å². The number of benzene rings is 1. The molecule has 1 heterocycles. The van der Waals surface area contributed by atoms with E-state index in [4.69, 9.17) is 4.42 Å². The number of ether oxygens (including phenoxy) is 1. The fraction of sp³-hybridized carbons (Fsp3) is 0.200. The SMILES string of the molecule is CCc1ccc(C(=O)Nc2ccc(C(=O)OC)cc2)o1. The first-order valence-electron chi connectivity index (χ1n) is 6.22. The highest BCUT2D eigenvalue weighted by Crippen LogP contribution is 2.14. The number of esters is 1. The normalized spacial score (nSPS) is 10.1. The first-order chi connectivity index (χ1) is 9.63. The third-order valence-corrected chi connectivity index (χ3v) is 2.80. The molecule has 0 aliphatic heterocycles. The van der Waals surface area contributed by atoms with Crippen molar-refractivity contribution in [2.45, 2.75) is 13.3 Å². The topological polar surface area (TPSA) is 68.5 Å². The molecule has 0 aliphatic rings. The summed E-state index contributed by atoms with van der Waals surface area (Å²) in [6, 6.07) is 9.84. The van der Waals surface area contributed by atoms with Gasteiger partial charge in [0, 0.05) is 12.1 Å². The van der Waals surface area contributed by atoms with Gasteiger partial charge >= 0.3 is 5.97 Å². The van der Waals surface area contributed by atoms with Gasteiger partial charge in [-0.05, 0) is 36.4 Å². The van der Waals surface area contributed by atoms with Crippen molar-refractivity contribution in [3.63, 3.8) is 0 Å². The maximum Gasteiger partial charge on any atom is 0.337 e. The van der Waals surface area contributed by atoms with Crippen LogP contribution in [0.15, 0.2) is 40.8 Å². The first kappa shape index (κ1) is 13.9. The van der Waals surface area contributed by atoms with Crippen molar-refractivity contribution in [1.29, 1.82) is 0 Å². The van der Waals surface area contributed by atoms with Crippen LogP contribution in [0.1, 0.15) is 33.6 Å². The summed E-state index contributed by atoms with van der Waals surface area (Å²) in [6.07, 6.45) is 0.737. The van der Waals surface area contributed by atoms with Crippen molar-refractivity contribution in [2.75, 3.05) is 12.4 Å². The van der Waals surface area contributed by atoms with E-state index in [0.29, 0.717) is 11.3 Å². The average Bonchev–Trinajstić information content (AvgIpc) is 2.96. The number of anilines is 1. The zero-order chi connectivity index (χ0) is 14.5. The standard InChI is InChI=1S/C15H15NO4/c1-3-12-8-9-13(20-12)14(17)16-11-6-4-10(5-7-11)15(18)19-2/h4-9H,3H2,1-2H3,(H,16,17). The van der Waals surface area contributed by atoms with Crippen LogP contribution >= 0.6 is 0 Å². The van der Waals surface area contributed by atoms with Gasteiger partial charge in [0.15, 0.2) is 5.76 Å². The van der Waals surface area contributed by atoms with Crippen molar-refractivity contribution >= 4 is 17.6 Å². The summed E-state index contributed by atoms with van der Waals surface area (Å²) in [5.41, 5.74) is 1.01. The molecule has 1 aromatic heterocycles. The van der Waals surface area contributed by atoms with Crippen molar-refractivity contribution in [3.05, 3.63) is 53.5 Å². The Balaban J connectivity index is 2.06. The number of hydrogen-bond acceptors (Lipinski definition) is 4. The van der Waals surface area contributed by atoms with Crippen LogP contribution in [0, 0.1) is 0 Å². The summed E-state index contributed by atoms with van der Waals surface area (Å²) in [5, 5.41) is 2.69. The molecule has 0 aliphatic carbocycles. The Morgan fingerprint density at radius 1 is 1.15 bits per heavy atom. The minimum absolute atomic E-state index is 0.263. The smallest absolute Gasteiger partial charge is 0.337 e. The molecule has 1 aromatic carbocycles. The fourth-order valence-corrected chi connectivity index (χ4v) is 1.69. The van der Waals surface area contributed by atoms with Crippen molar-refractivity contribution < 1.29 is 18.7 Å². The molecule has 0 unspecified atom stereocenters. The van der Waals surface area contributed by atoms with E-state index in [9.17, 15) is 9.59 Å². The fourth-order valence-electron chi connectivity index (χ4n) is 1.69. The predicted octanol–water partition coefficient (Wildman–Crippen LogP) is 2.88. The maximum atomic E-state index is 11.9. The number of nitrogens with one attached hydrogen (secondary N) is 1. The molecule has 0 bridgehead atoms. The van der Waals surface area contributed by atoms with Crippen LogP contribution in [0.4, 0.5) is 5.69 Å². The van der Waals surface area contributed by atoms with Gasteiger partial charge in [0.25, 0.3) is 5.91 Å². The number of carbonyl (C=O) groups excluding carboxylic acids is 2. The molecule has 20 heavy (non-hydrogen) atoms. The highest BCUT2D eigenvalue weighted by molar-refractivity contribution is 6.02. The lowest BCUT2D eigenvalue weighted by atomic mass is 10.2. The quantitative estimate of drug-likeness (QED) is 0.870. The Labute approximate surface area is 116 Å². The Morgan fingerprint density at radius 2 is 1.85 bits per heavy atom. The molecule has 1 amide bonds. The van der Waals surface area contributed by atoms with Gasteiger partial charge in [-0.3, -0.25) is 4.79 Å². The molecule has 0 spiro atoms. The third-order valence-electron chi connectivity index (χ3n) is 2.80. The summed E-state index contributed by atoms with van der Waals surface area (Å²) in [5.74, 6) is 0.284. The zero-order valence-corrected chi connectivity index (χ0v) is 11.3. The number of aryl methyl sites for hydroxylation is 1. The van der Waals surface area contributed by atoms with E-state index in [1.54, 1.807) is 36.4 Å². The van der Waals surface area contributed by atoms with Gasteiger partial charge in [0.2, 0.25) is 0 Å². The van der Waals surface area contributed by atoms with Gasteiger partial charge < -0.3 is 14.5 Å². The number of furan rings is 1. The minimum Gasteiger partial charge on any atom is -0.465 e.